The predicted octanol–water partition coefficient (Wildman–Crippen LogP) is 3.64. The molecule has 0 bridgehead atoms. The first-order chi connectivity index (χ1) is 7.79. The van der Waals surface area contributed by atoms with E-state index in [1.165, 1.54) is 10.3 Å². The maximum Gasteiger partial charge on any atom is 0.127 e. The summed E-state index contributed by atoms with van der Waals surface area (Å²) >= 11 is 3.48. The second kappa shape index (κ2) is 5.48. The summed E-state index contributed by atoms with van der Waals surface area (Å²) in [6.07, 6.45) is 0. The van der Waals surface area contributed by atoms with Crippen LogP contribution < -0.4 is 5.73 Å². The number of halogens is 1. The zero-order chi connectivity index (χ0) is 11.4. The molecular weight excluding hydrogens is 241 g/mol. The Hall–Kier alpha value is -0.840. The minimum absolute atomic E-state index is 0.215. The minimum atomic E-state index is -0.215. The Morgan fingerprint density at radius 3 is 2.88 bits per heavy atom. The Balaban J connectivity index is 2.04. The lowest BCUT2D eigenvalue weighted by atomic mass is 10.1. The van der Waals surface area contributed by atoms with E-state index in [0.29, 0.717) is 5.56 Å². The molecule has 0 atom stereocenters. The van der Waals surface area contributed by atoms with Crippen molar-refractivity contribution in [3.05, 3.63) is 52.7 Å². The predicted molar refractivity (Wildman–Crippen MR) is 68.2 cm³/mol. The van der Waals surface area contributed by atoms with Gasteiger partial charge in [-0.15, -0.1) is 23.1 Å². The standard InChI is InChI=1S/C12H12FNS2/c13-11-4-3-9(6-10(11)7-14)8-16-12-2-1-5-15-12/h1-6H,7-8,14H2. The lowest BCUT2D eigenvalue weighted by molar-refractivity contribution is 0.610. The number of benzene rings is 1. The fourth-order valence-electron chi connectivity index (χ4n) is 1.37. The molecule has 2 rings (SSSR count). The Bertz CT molecular complexity index is 454. The number of hydrogen-bond acceptors (Lipinski definition) is 3. The summed E-state index contributed by atoms with van der Waals surface area (Å²) in [7, 11) is 0. The third kappa shape index (κ3) is 2.84. The van der Waals surface area contributed by atoms with Crippen LogP contribution in [0.4, 0.5) is 4.39 Å². The molecule has 1 nitrogen and oxygen atoms in total. The second-order valence-corrected chi connectivity index (χ2v) is 5.57. The highest BCUT2D eigenvalue weighted by atomic mass is 32.2. The molecule has 4 heteroatoms. The van der Waals surface area contributed by atoms with E-state index < -0.39 is 0 Å². The van der Waals surface area contributed by atoms with Gasteiger partial charge in [-0.25, -0.2) is 4.39 Å². The van der Waals surface area contributed by atoms with Gasteiger partial charge in [0.05, 0.1) is 4.21 Å². The first-order valence-electron chi connectivity index (χ1n) is 4.93. The molecule has 1 heterocycles. The molecule has 84 valence electrons. The van der Waals surface area contributed by atoms with Crippen LogP contribution in [-0.2, 0) is 12.3 Å². The Morgan fingerprint density at radius 2 is 2.19 bits per heavy atom. The SMILES string of the molecule is NCc1cc(CSc2cccs2)ccc1F. The zero-order valence-electron chi connectivity index (χ0n) is 8.65. The van der Waals surface area contributed by atoms with Crippen LogP contribution in [0.1, 0.15) is 11.1 Å². The van der Waals surface area contributed by atoms with Gasteiger partial charge in [-0.3, -0.25) is 0 Å². The molecule has 0 fully saturated rings. The van der Waals surface area contributed by atoms with Gasteiger partial charge in [-0.05, 0) is 23.1 Å². The summed E-state index contributed by atoms with van der Waals surface area (Å²) in [6.45, 7) is 0.253. The van der Waals surface area contributed by atoms with Crippen LogP contribution in [0.2, 0.25) is 0 Å². The van der Waals surface area contributed by atoms with Crippen molar-refractivity contribution in [1.29, 1.82) is 0 Å². The van der Waals surface area contributed by atoms with Crippen LogP contribution in [-0.4, -0.2) is 0 Å². The van der Waals surface area contributed by atoms with E-state index in [4.69, 9.17) is 5.73 Å². The Morgan fingerprint density at radius 1 is 1.31 bits per heavy atom. The van der Waals surface area contributed by atoms with Crippen LogP contribution >= 0.6 is 23.1 Å². The first-order valence-corrected chi connectivity index (χ1v) is 6.80. The van der Waals surface area contributed by atoms with Crippen molar-refractivity contribution >= 4 is 23.1 Å². The van der Waals surface area contributed by atoms with E-state index in [9.17, 15) is 4.39 Å². The lowest BCUT2D eigenvalue weighted by Crippen LogP contribution is -2.00. The normalized spacial score (nSPS) is 10.6. The summed E-state index contributed by atoms with van der Waals surface area (Å²) in [5.41, 5.74) is 7.16. The summed E-state index contributed by atoms with van der Waals surface area (Å²) in [4.78, 5) is 0. The molecule has 0 saturated carbocycles. The minimum Gasteiger partial charge on any atom is -0.326 e. The van der Waals surface area contributed by atoms with Crippen molar-refractivity contribution in [3.63, 3.8) is 0 Å². The molecule has 0 aliphatic carbocycles. The molecule has 1 aromatic heterocycles. The van der Waals surface area contributed by atoms with Crippen molar-refractivity contribution in [3.8, 4) is 0 Å². The van der Waals surface area contributed by atoms with Crippen molar-refractivity contribution in [1.82, 2.24) is 0 Å². The molecule has 16 heavy (non-hydrogen) atoms. The fourth-order valence-corrected chi connectivity index (χ4v) is 3.10. The second-order valence-electron chi connectivity index (χ2n) is 3.35. The number of nitrogens with two attached hydrogens (primary N) is 1. The van der Waals surface area contributed by atoms with Gasteiger partial charge in [-0.2, -0.15) is 0 Å². The van der Waals surface area contributed by atoms with E-state index in [1.807, 2.05) is 18.2 Å². The summed E-state index contributed by atoms with van der Waals surface area (Å²) in [6, 6.07) is 9.27. The van der Waals surface area contributed by atoms with Gasteiger partial charge in [-0.1, -0.05) is 18.2 Å². The van der Waals surface area contributed by atoms with Gasteiger partial charge in [0.2, 0.25) is 0 Å². The summed E-state index contributed by atoms with van der Waals surface area (Å²) in [5.74, 6) is 0.640. The van der Waals surface area contributed by atoms with Gasteiger partial charge in [0, 0.05) is 17.9 Å². The fraction of sp³-hybridized carbons (Fsp3) is 0.167. The van der Waals surface area contributed by atoms with Crippen LogP contribution in [0.15, 0.2) is 39.9 Å². The van der Waals surface area contributed by atoms with Crippen molar-refractivity contribution in [2.75, 3.05) is 0 Å². The van der Waals surface area contributed by atoms with E-state index in [1.54, 1.807) is 23.1 Å². The smallest absolute Gasteiger partial charge is 0.127 e. The molecular formula is C12H12FNS2. The lowest BCUT2D eigenvalue weighted by Gasteiger charge is -2.04. The van der Waals surface area contributed by atoms with Gasteiger partial charge >= 0.3 is 0 Å². The van der Waals surface area contributed by atoms with E-state index in [2.05, 4.69) is 11.4 Å². The van der Waals surface area contributed by atoms with Gasteiger partial charge in [0.1, 0.15) is 5.82 Å². The molecule has 0 aliphatic rings. The third-order valence-corrected chi connectivity index (χ3v) is 4.41. The zero-order valence-corrected chi connectivity index (χ0v) is 10.3. The van der Waals surface area contributed by atoms with Crippen molar-refractivity contribution in [2.24, 2.45) is 5.73 Å². The molecule has 0 unspecified atom stereocenters. The van der Waals surface area contributed by atoms with Crippen LogP contribution in [0.3, 0.4) is 0 Å². The number of hydrogen-bond donors (Lipinski definition) is 1. The highest BCUT2D eigenvalue weighted by molar-refractivity contribution is 8.00. The maximum atomic E-state index is 13.2. The van der Waals surface area contributed by atoms with Crippen LogP contribution in [0.5, 0.6) is 0 Å². The monoisotopic (exact) mass is 253 g/mol. The van der Waals surface area contributed by atoms with E-state index in [-0.39, 0.29) is 12.4 Å². The van der Waals surface area contributed by atoms with E-state index in [0.717, 1.165) is 11.3 Å². The largest absolute Gasteiger partial charge is 0.326 e. The molecule has 0 radical (unpaired) electrons. The molecule has 2 aromatic rings. The molecule has 0 saturated heterocycles. The Kier molecular flexibility index (Phi) is 3.98. The van der Waals surface area contributed by atoms with Gasteiger partial charge in [0.25, 0.3) is 0 Å². The third-order valence-electron chi connectivity index (χ3n) is 2.21. The van der Waals surface area contributed by atoms with Gasteiger partial charge in [0.15, 0.2) is 0 Å². The molecule has 0 amide bonds. The Labute approximate surface area is 102 Å². The molecule has 0 spiro atoms. The molecule has 0 aliphatic heterocycles. The highest BCUT2D eigenvalue weighted by Gasteiger charge is 2.02. The summed E-state index contributed by atoms with van der Waals surface area (Å²) in [5, 5.41) is 2.05. The maximum absolute atomic E-state index is 13.2. The van der Waals surface area contributed by atoms with Crippen molar-refractivity contribution < 1.29 is 4.39 Å². The molecule has 1 aromatic carbocycles. The summed E-state index contributed by atoms with van der Waals surface area (Å²) < 4.78 is 14.5. The quantitative estimate of drug-likeness (QED) is 0.842. The topological polar surface area (TPSA) is 26.0 Å². The average Bonchev–Trinajstić information content (AvgIpc) is 2.81. The molecule has 2 N–H and O–H groups in total. The number of thiophene rings is 1. The van der Waals surface area contributed by atoms with Crippen LogP contribution in [0.25, 0.3) is 0 Å². The average molecular weight is 253 g/mol. The highest BCUT2D eigenvalue weighted by Crippen LogP contribution is 2.27. The van der Waals surface area contributed by atoms with Gasteiger partial charge < -0.3 is 5.73 Å². The first kappa shape index (κ1) is 11.6. The van der Waals surface area contributed by atoms with E-state index >= 15 is 0 Å². The van der Waals surface area contributed by atoms with Crippen LogP contribution in [0, 0.1) is 5.82 Å². The van der Waals surface area contributed by atoms with Crippen molar-refractivity contribution in [2.45, 2.75) is 16.5 Å². The number of thioether (sulfide) groups is 1. The number of rotatable bonds is 4.